The van der Waals surface area contributed by atoms with E-state index in [1.807, 2.05) is 19.8 Å². The van der Waals surface area contributed by atoms with Crippen molar-refractivity contribution >= 4 is 5.78 Å². The fourth-order valence-corrected chi connectivity index (χ4v) is 2.08. The van der Waals surface area contributed by atoms with Gasteiger partial charge in [0.1, 0.15) is 0 Å². The summed E-state index contributed by atoms with van der Waals surface area (Å²) in [6, 6.07) is 0. The summed E-state index contributed by atoms with van der Waals surface area (Å²) in [5.74, 6) is 1.67. The number of terminal acetylenes is 1. The first-order chi connectivity index (χ1) is 7.54. The second kappa shape index (κ2) is 10.7. The molecule has 0 aromatic carbocycles. The summed E-state index contributed by atoms with van der Waals surface area (Å²) < 4.78 is 0. The van der Waals surface area contributed by atoms with Crippen LogP contribution in [-0.4, -0.2) is 5.78 Å². The molecule has 0 amide bonds. The number of Topliss-reactive ketones (excluding diaryl/α,β-unsaturated/α-hetero) is 1. The zero-order chi connectivity index (χ0) is 13.0. The molecule has 1 aliphatic rings. The van der Waals surface area contributed by atoms with Gasteiger partial charge in [-0.2, -0.15) is 0 Å². The van der Waals surface area contributed by atoms with E-state index >= 15 is 0 Å². The summed E-state index contributed by atoms with van der Waals surface area (Å²) in [5.41, 5.74) is 0.745. The highest BCUT2D eigenvalue weighted by atomic mass is 16.1. The SMILES string of the molecule is C#CC(C)=O.CC.CCCC1(C)CCCC1. The van der Waals surface area contributed by atoms with E-state index in [9.17, 15) is 4.79 Å². The minimum atomic E-state index is -0.218. The molecule has 0 heterocycles. The van der Waals surface area contributed by atoms with Gasteiger partial charge in [0.05, 0.1) is 0 Å². The van der Waals surface area contributed by atoms with E-state index in [1.54, 1.807) is 0 Å². The van der Waals surface area contributed by atoms with Crippen molar-refractivity contribution in [1.82, 2.24) is 0 Å². The van der Waals surface area contributed by atoms with Crippen LogP contribution in [0.5, 0.6) is 0 Å². The third-order valence-electron chi connectivity index (χ3n) is 2.87. The third kappa shape index (κ3) is 9.77. The Hall–Kier alpha value is -0.770. The van der Waals surface area contributed by atoms with Gasteiger partial charge in [-0.05, 0) is 30.6 Å². The maximum Gasteiger partial charge on any atom is 0.202 e. The number of hydrogen-bond acceptors (Lipinski definition) is 1. The zero-order valence-corrected chi connectivity index (χ0v) is 11.7. The summed E-state index contributed by atoms with van der Waals surface area (Å²) in [4.78, 5) is 9.58. The standard InChI is InChI=1S/C9H18.C4H4O.C2H6/c1-3-6-9(2)7-4-5-8-9;1-3-4(2)5;1-2/h3-8H2,1-2H3;1H,2H3;1-2H3. The Kier molecular flexibility index (Phi) is 11.8. The number of carbonyl (C=O) groups is 1. The molecule has 1 aliphatic carbocycles. The molecule has 0 radical (unpaired) electrons. The summed E-state index contributed by atoms with van der Waals surface area (Å²) >= 11 is 0. The van der Waals surface area contributed by atoms with Gasteiger partial charge in [-0.25, -0.2) is 0 Å². The van der Waals surface area contributed by atoms with Gasteiger partial charge in [0.25, 0.3) is 0 Å². The first-order valence-corrected chi connectivity index (χ1v) is 6.51. The highest BCUT2D eigenvalue weighted by Crippen LogP contribution is 2.40. The second-order valence-electron chi connectivity index (χ2n) is 4.47. The van der Waals surface area contributed by atoms with E-state index in [0.717, 1.165) is 5.41 Å². The fraction of sp³-hybridized carbons (Fsp3) is 0.800. The molecule has 1 nitrogen and oxygen atoms in total. The topological polar surface area (TPSA) is 17.1 Å². The Balaban J connectivity index is 0. The lowest BCUT2D eigenvalue weighted by molar-refractivity contribution is -0.111. The highest BCUT2D eigenvalue weighted by Gasteiger charge is 2.26. The molecule has 1 heteroatoms. The van der Waals surface area contributed by atoms with E-state index in [0.29, 0.717) is 0 Å². The molecule has 1 rings (SSSR count). The Morgan fingerprint density at radius 3 is 1.94 bits per heavy atom. The second-order valence-corrected chi connectivity index (χ2v) is 4.47. The van der Waals surface area contributed by atoms with Crippen LogP contribution in [0, 0.1) is 17.8 Å². The predicted molar refractivity (Wildman–Crippen MR) is 72.3 cm³/mol. The minimum absolute atomic E-state index is 0.218. The lowest BCUT2D eigenvalue weighted by atomic mass is 9.84. The van der Waals surface area contributed by atoms with Crippen LogP contribution in [-0.2, 0) is 4.79 Å². The predicted octanol–water partition coefficient (Wildman–Crippen LogP) is 4.60. The molecular formula is C15H28O. The van der Waals surface area contributed by atoms with Crippen LogP contribution in [0.15, 0.2) is 0 Å². The first-order valence-electron chi connectivity index (χ1n) is 6.51. The van der Waals surface area contributed by atoms with E-state index in [4.69, 9.17) is 0 Å². The Morgan fingerprint density at radius 2 is 1.69 bits per heavy atom. The van der Waals surface area contributed by atoms with Gasteiger partial charge < -0.3 is 0 Å². The van der Waals surface area contributed by atoms with E-state index < -0.39 is 0 Å². The summed E-state index contributed by atoms with van der Waals surface area (Å²) in [6.45, 7) is 10.1. The lowest BCUT2D eigenvalue weighted by Gasteiger charge is -2.21. The van der Waals surface area contributed by atoms with Crippen LogP contribution in [0.2, 0.25) is 0 Å². The maximum absolute atomic E-state index is 9.58. The molecule has 0 bridgehead atoms. The summed E-state index contributed by atoms with van der Waals surface area (Å²) in [6.07, 6.45) is 13.3. The van der Waals surface area contributed by atoms with Crippen molar-refractivity contribution in [3.63, 3.8) is 0 Å². The molecule has 0 atom stereocenters. The van der Waals surface area contributed by atoms with Crippen LogP contribution in [0.4, 0.5) is 0 Å². The molecule has 1 fully saturated rings. The van der Waals surface area contributed by atoms with Gasteiger partial charge in [0.2, 0.25) is 5.78 Å². The van der Waals surface area contributed by atoms with Gasteiger partial charge in [0, 0.05) is 6.92 Å². The summed E-state index contributed by atoms with van der Waals surface area (Å²) in [5, 5.41) is 0. The number of hydrogen-bond donors (Lipinski definition) is 0. The number of carbonyl (C=O) groups excluding carboxylic acids is 1. The van der Waals surface area contributed by atoms with Gasteiger partial charge in [-0.3, -0.25) is 4.79 Å². The average molecular weight is 224 g/mol. The third-order valence-corrected chi connectivity index (χ3v) is 2.87. The normalized spacial score (nSPS) is 16.0. The van der Waals surface area contributed by atoms with Gasteiger partial charge in [-0.1, -0.05) is 47.0 Å². The smallest absolute Gasteiger partial charge is 0.202 e. The Morgan fingerprint density at radius 1 is 1.31 bits per heavy atom. The molecule has 16 heavy (non-hydrogen) atoms. The first kappa shape index (κ1) is 17.6. The zero-order valence-electron chi connectivity index (χ0n) is 11.7. The average Bonchev–Trinajstić information content (AvgIpc) is 2.69. The van der Waals surface area contributed by atoms with Crippen molar-refractivity contribution in [3.8, 4) is 12.3 Å². The Bertz CT molecular complexity index is 204. The van der Waals surface area contributed by atoms with Crippen molar-refractivity contribution in [2.75, 3.05) is 0 Å². The van der Waals surface area contributed by atoms with Crippen molar-refractivity contribution < 1.29 is 4.79 Å². The minimum Gasteiger partial charge on any atom is -0.285 e. The Labute approximate surface area is 102 Å². The monoisotopic (exact) mass is 224 g/mol. The molecule has 94 valence electrons. The van der Waals surface area contributed by atoms with E-state index in [-0.39, 0.29) is 5.78 Å². The van der Waals surface area contributed by atoms with E-state index in [2.05, 4.69) is 20.3 Å². The van der Waals surface area contributed by atoms with Gasteiger partial charge in [-0.15, -0.1) is 6.42 Å². The fourth-order valence-electron chi connectivity index (χ4n) is 2.08. The van der Waals surface area contributed by atoms with Crippen LogP contribution in [0.25, 0.3) is 0 Å². The number of rotatable bonds is 2. The molecule has 0 N–H and O–H groups in total. The largest absolute Gasteiger partial charge is 0.285 e. The van der Waals surface area contributed by atoms with Crippen molar-refractivity contribution in [1.29, 1.82) is 0 Å². The molecule has 0 saturated heterocycles. The highest BCUT2D eigenvalue weighted by molar-refractivity contribution is 5.92. The van der Waals surface area contributed by atoms with Crippen LogP contribution < -0.4 is 0 Å². The molecule has 0 aromatic heterocycles. The lowest BCUT2D eigenvalue weighted by Crippen LogP contribution is -2.09. The van der Waals surface area contributed by atoms with Crippen molar-refractivity contribution in [3.05, 3.63) is 0 Å². The molecular weight excluding hydrogens is 196 g/mol. The summed E-state index contributed by atoms with van der Waals surface area (Å²) in [7, 11) is 0. The molecule has 0 spiro atoms. The molecule has 1 saturated carbocycles. The quantitative estimate of drug-likeness (QED) is 0.495. The van der Waals surface area contributed by atoms with Crippen molar-refractivity contribution in [2.24, 2.45) is 5.41 Å². The molecule has 0 unspecified atom stereocenters. The van der Waals surface area contributed by atoms with Gasteiger partial charge >= 0.3 is 0 Å². The molecule has 0 aliphatic heterocycles. The van der Waals surface area contributed by atoms with Crippen LogP contribution in [0.1, 0.15) is 73.1 Å². The number of ketones is 1. The van der Waals surface area contributed by atoms with Crippen LogP contribution in [0.3, 0.4) is 0 Å². The van der Waals surface area contributed by atoms with E-state index in [1.165, 1.54) is 45.4 Å². The van der Waals surface area contributed by atoms with Crippen molar-refractivity contribution in [2.45, 2.75) is 73.1 Å². The van der Waals surface area contributed by atoms with Gasteiger partial charge in [0.15, 0.2) is 0 Å². The van der Waals surface area contributed by atoms with Crippen LogP contribution >= 0.6 is 0 Å². The molecule has 0 aromatic rings. The maximum atomic E-state index is 9.58.